The van der Waals surface area contributed by atoms with Crippen LogP contribution in [0.2, 0.25) is 0 Å². The van der Waals surface area contributed by atoms with Crippen molar-refractivity contribution < 1.29 is 14.4 Å². The van der Waals surface area contributed by atoms with Crippen molar-refractivity contribution in [3.05, 3.63) is 35.9 Å². The molecule has 3 rings (SSSR count). The minimum absolute atomic E-state index is 0.0385. The van der Waals surface area contributed by atoms with Crippen molar-refractivity contribution in [2.24, 2.45) is 5.92 Å². The van der Waals surface area contributed by atoms with Gasteiger partial charge in [-0.15, -0.1) is 0 Å². The van der Waals surface area contributed by atoms with E-state index in [0.717, 1.165) is 6.42 Å². The lowest BCUT2D eigenvalue weighted by atomic mass is 10.1. The molecule has 1 saturated carbocycles. The van der Waals surface area contributed by atoms with Gasteiger partial charge in [-0.2, -0.15) is 0 Å². The van der Waals surface area contributed by atoms with Crippen LogP contribution in [0.15, 0.2) is 30.3 Å². The summed E-state index contributed by atoms with van der Waals surface area (Å²) < 4.78 is 0. The molecular weight excluding hydrogens is 318 g/mol. The Hall–Kier alpha value is -2.37. The molecule has 6 nitrogen and oxygen atoms in total. The van der Waals surface area contributed by atoms with E-state index in [4.69, 9.17) is 0 Å². The maximum atomic E-state index is 12.2. The van der Waals surface area contributed by atoms with E-state index in [-0.39, 0.29) is 23.6 Å². The number of nitrogens with zero attached hydrogens (tertiary/aromatic N) is 2. The standard InChI is InChI=1S/C19H25N3O3/c1-14(23)21-9-11-22(12-10-21)18(24)7-8-20-19(25)17-13-16(17)15-5-3-2-4-6-15/h2-6,16-17H,7-13H2,1H3,(H,20,25)/t16-,17+/m1/s1. The van der Waals surface area contributed by atoms with Gasteiger partial charge in [0.25, 0.3) is 0 Å². The second kappa shape index (κ2) is 7.68. The summed E-state index contributed by atoms with van der Waals surface area (Å²) in [5.74, 6) is 0.492. The van der Waals surface area contributed by atoms with Crippen LogP contribution in [0.25, 0.3) is 0 Å². The van der Waals surface area contributed by atoms with E-state index in [1.165, 1.54) is 5.56 Å². The molecule has 0 aromatic heterocycles. The van der Waals surface area contributed by atoms with E-state index < -0.39 is 0 Å². The van der Waals surface area contributed by atoms with E-state index in [1.807, 2.05) is 18.2 Å². The number of benzene rings is 1. The first kappa shape index (κ1) is 17.5. The lowest BCUT2D eigenvalue weighted by Crippen LogP contribution is -2.50. The molecule has 134 valence electrons. The highest BCUT2D eigenvalue weighted by atomic mass is 16.2. The van der Waals surface area contributed by atoms with Gasteiger partial charge in [0.05, 0.1) is 0 Å². The number of amides is 3. The average Bonchev–Trinajstić information content (AvgIpc) is 3.43. The topological polar surface area (TPSA) is 69.7 Å². The molecule has 25 heavy (non-hydrogen) atoms. The van der Waals surface area contributed by atoms with Gasteiger partial charge in [-0.1, -0.05) is 30.3 Å². The molecule has 1 aliphatic heterocycles. The second-order valence-electron chi connectivity index (χ2n) is 6.79. The number of piperazine rings is 1. The Balaban J connectivity index is 1.35. The van der Waals surface area contributed by atoms with Gasteiger partial charge in [-0.25, -0.2) is 0 Å². The molecule has 1 aliphatic carbocycles. The maximum Gasteiger partial charge on any atom is 0.224 e. The summed E-state index contributed by atoms with van der Waals surface area (Å²) in [6.07, 6.45) is 1.20. The number of hydrogen-bond acceptors (Lipinski definition) is 3. The number of carbonyl (C=O) groups is 3. The lowest BCUT2D eigenvalue weighted by molar-refractivity contribution is -0.138. The quantitative estimate of drug-likeness (QED) is 0.867. The molecule has 2 atom stereocenters. The summed E-state index contributed by atoms with van der Waals surface area (Å²) in [5, 5.41) is 2.89. The van der Waals surface area contributed by atoms with Crippen molar-refractivity contribution in [2.45, 2.75) is 25.7 Å². The molecule has 0 spiro atoms. The second-order valence-corrected chi connectivity index (χ2v) is 6.79. The molecule has 0 bridgehead atoms. The Morgan fingerprint density at radius 2 is 1.68 bits per heavy atom. The first-order chi connectivity index (χ1) is 12.1. The van der Waals surface area contributed by atoms with Gasteiger partial charge in [0.1, 0.15) is 0 Å². The van der Waals surface area contributed by atoms with Crippen LogP contribution in [-0.2, 0) is 14.4 Å². The Morgan fingerprint density at radius 3 is 2.32 bits per heavy atom. The SMILES string of the molecule is CC(=O)N1CCN(C(=O)CCNC(=O)[C@H]2C[C@@H]2c2ccccc2)CC1. The molecule has 0 unspecified atom stereocenters. The van der Waals surface area contributed by atoms with Crippen molar-refractivity contribution in [1.82, 2.24) is 15.1 Å². The van der Waals surface area contributed by atoms with Crippen LogP contribution in [0.5, 0.6) is 0 Å². The van der Waals surface area contributed by atoms with Crippen LogP contribution in [0.1, 0.15) is 31.2 Å². The minimum atomic E-state index is 0.0385. The molecule has 1 N–H and O–H groups in total. The summed E-state index contributed by atoms with van der Waals surface area (Å²) in [5.41, 5.74) is 1.21. The third-order valence-corrected chi connectivity index (χ3v) is 5.07. The lowest BCUT2D eigenvalue weighted by Gasteiger charge is -2.34. The van der Waals surface area contributed by atoms with E-state index in [2.05, 4.69) is 17.4 Å². The minimum Gasteiger partial charge on any atom is -0.355 e. The smallest absolute Gasteiger partial charge is 0.224 e. The van der Waals surface area contributed by atoms with Crippen molar-refractivity contribution >= 4 is 17.7 Å². The van der Waals surface area contributed by atoms with Crippen molar-refractivity contribution in [3.8, 4) is 0 Å². The highest BCUT2D eigenvalue weighted by molar-refractivity contribution is 5.84. The third kappa shape index (κ3) is 4.38. The fraction of sp³-hybridized carbons (Fsp3) is 0.526. The van der Waals surface area contributed by atoms with Crippen LogP contribution in [-0.4, -0.2) is 60.2 Å². The van der Waals surface area contributed by atoms with Crippen LogP contribution in [0, 0.1) is 5.92 Å². The molecule has 1 heterocycles. The Labute approximate surface area is 148 Å². The van der Waals surface area contributed by atoms with E-state index in [9.17, 15) is 14.4 Å². The predicted octanol–water partition coefficient (Wildman–Crippen LogP) is 0.987. The van der Waals surface area contributed by atoms with Crippen molar-refractivity contribution in [2.75, 3.05) is 32.7 Å². The van der Waals surface area contributed by atoms with Crippen LogP contribution in [0.4, 0.5) is 0 Å². The zero-order valence-electron chi connectivity index (χ0n) is 14.6. The van der Waals surface area contributed by atoms with Crippen molar-refractivity contribution in [1.29, 1.82) is 0 Å². The molecule has 1 aromatic carbocycles. The van der Waals surface area contributed by atoms with Gasteiger partial charge >= 0.3 is 0 Å². The van der Waals surface area contributed by atoms with Crippen LogP contribution >= 0.6 is 0 Å². The number of hydrogen-bond donors (Lipinski definition) is 1. The Morgan fingerprint density at radius 1 is 1.04 bits per heavy atom. The fourth-order valence-corrected chi connectivity index (χ4v) is 3.41. The molecule has 1 aromatic rings. The molecule has 1 saturated heterocycles. The molecular formula is C19H25N3O3. The Bertz CT molecular complexity index is 639. The highest BCUT2D eigenvalue weighted by Gasteiger charge is 2.43. The maximum absolute atomic E-state index is 12.2. The van der Waals surface area contributed by atoms with Gasteiger partial charge in [0, 0.05) is 52.0 Å². The number of nitrogens with one attached hydrogen (secondary N) is 1. The number of carbonyl (C=O) groups excluding carboxylic acids is 3. The first-order valence-corrected chi connectivity index (χ1v) is 8.92. The van der Waals surface area contributed by atoms with Gasteiger partial charge in [-0.05, 0) is 17.9 Å². The monoisotopic (exact) mass is 343 g/mol. The summed E-state index contributed by atoms with van der Waals surface area (Å²) >= 11 is 0. The molecule has 2 aliphatic rings. The van der Waals surface area contributed by atoms with Gasteiger partial charge < -0.3 is 15.1 Å². The predicted molar refractivity (Wildman–Crippen MR) is 93.8 cm³/mol. The summed E-state index contributed by atoms with van der Waals surface area (Å²) in [7, 11) is 0. The fourth-order valence-electron chi connectivity index (χ4n) is 3.41. The third-order valence-electron chi connectivity index (χ3n) is 5.07. The molecule has 0 radical (unpaired) electrons. The normalized spacial score (nSPS) is 22.4. The largest absolute Gasteiger partial charge is 0.355 e. The first-order valence-electron chi connectivity index (χ1n) is 8.92. The highest BCUT2D eigenvalue weighted by Crippen LogP contribution is 2.47. The summed E-state index contributed by atoms with van der Waals surface area (Å²) in [6.45, 7) is 4.26. The molecule has 6 heteroatoms. The van der Waals surface area contributed by atoms with E-state index in [0.29, 0.717) is 45.1 Å². The van der Waals surface area contributed by atoms with Crippen LogP contribution in [0.3, 0.4) is 0 Å². The zero-order valence-corrected chi connectivity index (χ0v) is 14.6. The summed E-state index contributed by atoms with van der Waals surface area (Å²) in [6, 6.07) is 10.1. The molecule has 2 fully saturated rings. The number of rotatable bonds is 5. The van der Waals surface area contributed by atoms with E-state index in [1.54, 1.807) is 16.7 Å². The van der Waals surface area contributed by atoms with Gasteiger partial charge in [0.2, 0.25) is 17.7 Å². The average molecular weight is 343 g/mol. The van der Waals surface area contributed by atoms with Crippen molar-refractivity contribution in [3.63, 3.8) is 0 Å². The Kier molecular flexibility index (Phi) is 5.36. The van der Waals surface area contributed by atoms with Gasteiger partial charge in [0.15, 0.2) is 0 Å². The molecule has 3 amide bonds. The summed E-state index contributed by atoms with van der Waals surface area (Å²) in [4.78, 5) is 39.2. The van der Waals surface area contributed by atoms with Crippen LogP contribution < -0.4 is 5.32 Å². The van der Waals surface area contributed by atoms with E-state index >= 15 is 0 Å². The van der Waals surface area contributed by atoms with Gasteiger partial charge in [-0.3, -0.25) is 14.4 Å². The zero-order chi connectivity index (χ0) is 17.8.